The summed E-state index contributed by atoms with van der Waals surface area (Å²) in [6.45, 7) is 3.58. The minimum Gasteiger partial charge on any atom is -0.447 e. The summed E-state index contributed by atoms with van der Waals surface area (Å²) in [7, 11) is 0. The van der Waals surface area contributed by atoms with Gasteiger partial charge in [-0.15, -0.1) is 0 Å². The number of anilines is 1. The standard InChI is InChI=1S/C11H15FN2O2/c1-7(2)16-11(15)14-9-3-4-10(12)8(5-9)6-13/h3-5,7H,6,13H2,1-2H3,(H,14,15). The Bertz CT molecular complexity index is 380. The van der Waals surface area contributed by atoms with Crippen molar-refractivity contribution in [3.05, 3.63) is 29.6 Å². The lowest BCUT2D eigenvalue weighted by molar-refractivity contribution is 0.130. The highest BCUT2D eigenvalue weighted by Gasteiger charge is 2.07. The van der Waals surface area contributed by atoms with Gasteiger partial charge >= 0.3 is 6.09 Å². The third-order valence-corrected chi connectivity index (χ3v) is 1.85. The van der Waals surface area contributed by atoms with Gasteiger partial charge in [-0.2, -0.15) is 0 Å². The van der Waals surface area contributed by atoms with Gasteiger partial charge in [-0.05, 0) is 32.0 Å². The molecule has 3 N–H and O–H groups in total. The lowest BCUT2D eigenvalue weighted by atomic mass is 10.2. The smallest absolute Gasteiger partial charge is 0.411 e. The summed E-state index contributed by atoms with van der Waals surface area (Å²) < 4.78 is 18.0. The molecular formula is C11H15FN2O2. The minimum atomic E-state index is -0.565. The highest BCUT2D eigenvalue weighted by Crippen LogP contribution is 2.14. The molecule has 0 bridgehead atoms. The molecule has 1 aromatic rings. The Hall–Kier alpha value is -1.62. The second kappa shape index (κ2) is 5.46. The Kier molecular flexibility index (Phi) is 4.25. The molecule has 4 nitrogen and oxygen atoms in total. The Morgan fingerprint density at radius 1 is 1.56 bits per heavy atom. The normalized spacial score (nSPS) is 10.3. The van der Waals surface area contributed by atoms with Crippen LogP contribution in [0.15, 0.2) is 18.2 Å². The summed E-state index contributed by atoms with van der Waals surface area (Å²) in [6, 6.07) is 4.19. The molecule has 0 spiro atoms. The highest BCUT2D eigenvalue weighted by atomic mass is 19.1. The third-order valence-electron chi connectivity index (χ3n) is 1.85. The molecule has 5 heteroatoms. The van der Waals surface area contributed by atoms with Gasteiger partial charge in [0, 0.05) is 17.8 Å². The predicted octanol–water partition coefficient (Wildman–Crippen LogP) is 2.24. The van der Waals surface area contributed by atoms with Gasteiger partial charge in [0.15, 0.2) is 0 Å². The van der Waals surface area contributed by atoms with E-state index >= 15 is 0 Å². The molecule has 0 saturated carbocycles. The maximum Gasteiger partial charge on any atom is 0.411 e. The molecule has 0 heterocycles. The van der Waals surface area contributed by atoms with Gasteiger partial charge in [-0.1, -0.05) is 0 Å². The molecule has 0 aromatic heterocycles. The Morgan fingerprint density at radius 3 is 2.81 bits per heavy atom. The molecule has 0 aliphatic rings. The summed E-state index contributed by atoms with van der Waals surface area (Å²) in [5.41, 5.74) is 6.16. The Balaban J connectivity index is 2.71. The van der Waals surface area contributed by atoms with Crippen LogP contribution in [-0.2, 0) is 11.3 Å². The molecule has 0 fully saturated rings. The number of halogens is 1. The van der Waals surface area contributed by atoms with Gasteiger partial charge in [-0.25, -0.2) is 9.18 Å². The summed E-state index contributed by atoms with van der Waals surface area (Å²) >= 11 is 0. The second-order valence-corrected chi connectivity index (χ2v) is 3.59. The van der Waals surface area contributed by atoms with E-state index in [2.05, 4.69) is 5.32 Å². The maximum absolute atomic E-state index is 13.1. The fourth-order valence-electron chi connectivity index (χ4n) is 1.17. The van der Waals surface area contributed by atoms with E-state index in [1.54, 1.807) is 13.8 Å². The SMILES string of the molecule is CC(C)OC(=O)Nc1ccc(F)c(CN)c1. The van der Waals surface area contributed by atoms with E-state index in [0.29, 0.717) is 11.3 Å². The number of carbonyl (C=O) groups excluding carboxylic acids is 1. The first kappa shape index (κ1) is 12.4. The van der Waals surface area contributed by atoms with Gasteiger partial charge in [0.25, 0.3) is 0 Å². The molecule has 0 aliphatic carbocycles. The molecule has 0 atom stereocenters. The average molecular weight is 226 g/mol. The van der Waals surface area contributed by atoms with Crippen LogP contribution in [0.3, 0.4) is 0 Å². The van der Waals surface area contributed by atoms with E-state index in [-0.39, 0.29) is 18.5 Å². The minimum absolute atomic E-state index is 0.0839. The first-order valence-electron chi connectivity index (χ1n) is 4.99. The summed E-state index contributed by atoms with van der Waals surface area (Å²) in [4.78, 5) is 11.2. The zero-order valence-electron chi connectivity index (χ0n) is 9.29. The zero-order valence-corrected chi connectivity index (χ0v) is 9.29. The molecule has 0 saturated heterocycles. The lowest BCUT2D eigenvalue weighted by Crippen LogP contribution is -2.18. The quantitative estimate of drug-likeness (QED) is 0.830. The Labute approximate surface area is 93.6 Å². The molecule has 0 unspecified atom stereocenters. The molecular weight excluding hydrogens is 211 g/mol. The molecule has 1 rings (SSSR count). The second-order valence-electron chi connectivity index (χ2n) is 3.59. The van der Waals surface area contributed by atoms with E-state index in [9.17, 15) is 9.18 Å². The summed E-state index contributed by atoms with van der Waals surface area (Å²) in [6.07, 6.45) is -0.765. The largest absolute Gasteiger partial charge is 0.447 e. The van der Waals surface area contributed by atoms with Gasteiger partial charge in [-0.3, -0.25) is 5.32 Å². The molecule has 0 aliphatic heterocycles. The summed E-state index contributed by atoms with van der Waals surface area (Å²) in [5.74, 6) is -0.384. The van der Waals surface area contributed by atoms with Crippen molar-refractivity contribution >= 4 is 11.8 Å². The van der Waals surface area contributed by atoms with Crippen LogP contribution in [0.1, 0.15) is 19.4 Å². The van der Waals surface area contributed by atoms with E-state index in [0.717, 1.165) is 0 Å². The van der Waals surface area contributed by atoms with Crippen LogP contribution in [-0.4, -0.2) is 12.2 Å². The third kappa shape index (κ3) is 3.51. The summed E-state index contributed by atoms with van der Waals surface area (Å²) in [5, 5.41) is 2.49. The van der Waals surface area contributed by atoms with Crippen LogP contribution in [0.2, 0.25) is 0 Å². The number of ether oxygens (including phenoxy) is 1. The highest BCUT2D eigenvalue weighted by molar-refractivity contribution is 5.84. The van der Waals surface area contributed by atoms with Gasteiger partial charge in [0.05, 0.1) is 6.10 Å². The van der Waals surface area contributed by atoms with Crippen molar-refractivity contribution in [2.75, 3.05) is 5.32 Å². The van der Waals surface area contributed by atoms with Gasteiger partial charge in [0.2, 0.25) is 0 Å². The molecule has 1 aromatic carbocycles. The van der Waals surface area contributed by atoms with Crippen molar-refractivity contribution in [1.29, 1.82) is 0 Å². The van der Waals surface area contributed by atoms with Crippen LogP contribution >= 0.6 is 0 Å². The number of rotatable bonds is 3. The lowest BCUT2D eigenvalue weighted by Gasteiger charge is -2.10. The first-order valence-corrected chi connectivity index (χ1v) is 4.99. The first-order chi connectivity index (χ1) is 7.52. The zero-order chi connectivity index (χ0) is 12.1. The number of carbonyl (C=O) groups is 1. The van der Waals surface area contributed by atoms with Crippen molar-refractivity contribution in [3.8, 4) is 0 Å². The van der Waals surface area contributed by atoms with Gasteiger partial charge < -0.3 is 10.5 Å². The van der Waals surface area contributed by atoms with Crippen molar-refractivity contribution in [3.63, 3.8) is 0 Å². The monoisotopic (exact) mass is 226 g/mol. The van der Waals surface area contributed by atoms with Crippen LogP contribution in [0.25, 0.3) is 0 Å². The van der Waals surface area contributed by atoms with Crippen molar-refractivity contribution in [2.24, 2.45) is 5.73 Å². The van der Waals surface area contributed by atoms with E-state index in [1.807, 2.05) is 0 Å². The number of amides is 1. The van der Waals surface area contributed by atoms with Crippen molar-refractivity contribution in [2.45, 2.75) is 26.5 Å². The van der Waals surface area contributed by atoms with E-state index in [1.165, 1.54) is 18.2 Å². The molecule has 16 heavy (non-hydrogen) atoms. The Morgan fingerprint density at radius 2 is 2.25 bits per heavy atom. The van der Waals surface area contributed by atoms with Gasteiger partial charge in [0.1, 0.15) is 5.82 Å². The maximum atomic E-state index is 13.1. The average Bonchev–Trinajstić information content (AvgIpc) is 2.19. The van der Waals surface area contributed by atoms with E-state index < -0.39 is 6.09 Å². The number of benzene rings is 1. The van der Waals surface area contributed by atoms with Crippen molar-refractivity contribution in [1.82, 2.24) is 0 Å². The fraction of sp³-hybridized carbons (Fsp3) is 0.364. The fourth-order valence-corrected chi connectivity index (χ4v) is 1.17. The topological polar surface area (TPSA) is 64.3 Å². The number of hydrogen-bond donors (Lipinski definition) is 2. The van der Waals surface area contributed by atoms with Crippen molar-refractivity contribution < 1.29 is 13.9 Å². The molecule has 1 amide bonds. The predicted molar refractivity (Wildman–Crippen MR) is 59.5 cm³/mol. The van der Waals surface area contributed by atoms with Crippen LogP contribution < -0.4 is 11.1 Å². The number of nitrogens with one attached hydrogen (secondary N) is 1. The van der Waals surface area contributed by atoms with Crippen LogP contribution in [0.4, 0.5) is 14.9 Å². The van der Waals surface area contributed by atoms with Crippen LogP contribution in [0, 0.1) is 5.82 Å². The van der Waals surface area contributed by atoms with Crippen LogP contribution in [0.5, 0.6) is 0 Å². The number of nitrogens with two attached hydrogens (primary N) is 1. The molecule has 0 radical (unpaired) electrons. The number of hydrogen-bond acceptors (Lipinski definition) is 3. The molecule has 88 valence electrons. The van der Waals surface area contributed by atoms with E-state index in [4.69, 9.17) is 10.5 Å².